The van der Waals surface area contributed by atoms with E-state index in [1.165, 1.54) is 6.92 Å². The molecule has 0 saturated carbocycles. The van der Waals surface area contributed by atoms with Gasteiger partial charge < -0.3 is 15.4 Å². The van der Waals surface area contributed by atoms with Gasteiger partial charge in [0.05, 0.1) is 11.6 Å². The molecule has 4 rings (SSSR count). The summed E-state index contributed by atoms with van der Waals surface area (Å²) < 4.78 is 7.51. The number of benzene rings is 2. The third kappa shape index (κ3) is 4.43. The molecule has 1 fully saturated rings. The maximum absolute atomic E-state index is 12.7. The minimum absolute atomic E-state index is 0.0442. The zero-order chi connectivity index (χ0) is 20.2. The minimum atomic E-state index is -0.192. The summed E-state index contributed by atoms with van der Waals surface area (Å²) in [7, 11) is 0. The Labute approximate surface area is 168 Å². The average Bonchev–Trinajstić information content (AvgIpc) is 3.11. The number of anilines is 1. The van der Waals surface area contributed by atoms with Gasteiger partial charge in [-0.2, -0.15) is 0 Å². The summed E-state index contributed by atoms with van der Waals surface area (Å²) >= 11 is 0. The Morgan fingerprint density at radius 3 is 2.83 bits per heavy atom. The fourth-order valence-electron chi connectivity index (χ4n) is 3.68. The van der Waals surface area contributed by atoms with E-state index < -0.39 is 0 Å². The van der Waals surface area contributed by atoms with Gasteiger partial charge >= 0.3 is 0 Å². The molecule has 2 aromatic carbocycles. The topological polar surface area (TPSA) is 98.1 Å². The number of carbonyl (C=O) groups is 2. The van der Waals surface area contributed by atoms with Gasteiger partial charge in [-0.15, -0.1) is 5.10 Å². The van der Waals surface area contributed by atoms with Crippen LogP contribution in [0.4, 0.5) is 5.69 Å². The van der Waals surface area contributed by atoms with Crippen molar-refractivity contribution in [2.24, 2.45) is 0 Å². The van der Waals surface area contributed by atoms with Crippen molar-refractivity contribution in [1.29, 1.82) is 0 Å². The second kappa shape index (κ2) is 8.40. The SMILES string of the molecule is CC(=O)N[C@@H]1CCO[C@H](c2ccccc2NC(=O)Cn2nnc3ccccc32)C1. The number of para-hydroxylation sites is 2. The second-order valence-corrected chi connectivity index (χ2v) is 7.15. The van der Waals surface area contributed by atoms with E-state index in [0.29, 0.717) is 18.7 Å². The van der Waals surface area contributed by atoms with Crippen molar-refractivity contribution >= 4 is 28.5 Å². The van der Waals surface area contributed by atoms with E-state index in [9.17, 15) is 9.59 Å². The first-order valence-electron chi connectivity index (χ1n) is 9.66. The molecule has 2 heterocycles. The molecule has 3 aromatic rings. The number of ether oxygens (including phenoxy) is 1. The minimum Gasteiger partial charge on any atom is -0.373 e. The number of nitrogens with one attached hydrogen (secondary N) is 2. The molecule has 2 atom stereocenters. The first-order chi connectivity index (χ1) is 14.1. The van der Waals surface area contributed by atoms with Crippen LogP contribution in [0.25, 0.3) is 11.0 Å². The number of rotatable bonds is 5. The third-order valence-electron chi connectivity index (χ3n) is 4.99. The van der Waals surface area contributed by atoms with Crippen molar-refractivity contribution in [3.8, 4) is 0 Å². The highest BCUT2D eigenvalue weighted by molar-refractivity contribution is 5.92. The van der Waals surface area contributed by atoms with Crippen molar-refractivity contribution in [2.45, 2.75) is 38.5 Å². The number of hydrogen-bond donors (Lipinski definition) is 2. The number of nitrogens with zero attached hydrogens (tertiary/aromatic N) is 3. The fourth-order valence-corrected chi connectivity index (χ4v) is 3.68. The molecule has 0 unspecified atom stereocenters. The average molecular weight is 393 g/mol. The van der Waals surface area contributed by atoms with Crippen LogP contribution in [0.5, 0.6) is 0 Å². The van der Waals surface area contributed by atoms with Gasteiger partial charge in [0, 0.05) is 30.8 Å². The van der Waals surface area contributed by atoms with Crippen LogP contribution < -0.4 is 10.6 Å². The van der Waals surface area contributed by atoms with Crippen molar-refractivity contribution in [3.63, 3.8) is 0 Å². The first kappa shape index (κ1) is 19.1. The van der Waals surface area contributed by atoms with Crippen LogP contribution in [0, 0.1) is 0 Å². The molecule has 0 bridgehead atoms. The molecule has 0 radical (unpaired) electrons. The van der Waals surface area contributed by atoms with Gasteiger partial charge in [-0.1, -0.05) is 35.5 Å². The number of fused-ring (bicyclic) bond motifs is 1. The van der Waals surface area contributed by atoms with E-state index in [4.69, 9.17) is 4.74 Å². The van der Waals surface area contributed by atoms with Gasteiger partial charge in [-0.05, 0) is 31.0 Å². The maximum Gasteiger partial charge on any atom is 0.246 e. The Morgan fingerprint density at radius 2 is 1.97 bits per heavy atom. The Hall–Kier alpha value is -3.26. The molecule has 150 valence electrons. The highest BCUT2D eigenvalue weighted by Crippen LogP contribution is 2.33. The summed E-state index contributed by atoms with van der Waals surface area (Å²) in [6.45, 7) is 2.14. The lowest BCUT2D eigenvalue weighted by molar-refractivity contribution is -0.120. The number of hydrogen-bond acceptors (Lipinski definition) is 5. The highest BCUT2D eigenvalue weighted by atomic mass is 16.5. The molecule has 0 spiro atoms. The Kier molecular flexibility index (Phi) is 5.53. The lowest BCUT2D eigenvalue weighted by atomic mass is 9.96. The monoisotopic (exact) mass is 393 g/mol. The molecule has 2 amide bonds. The number of carbonyl (C=O) groups excluding carboxylic acids is 2. The molecule has 29 heavy (non-hydrogen) atoms. The standard InChI is InChI=1S/C21H23N5O3/c1-14(27)22-15-10-11-29-20(12-15)16-6-2-3-7-17(16)23-21(28)13-26-19-9-5-4-8-18(19)24-25-26/h2-9,15,20H,10-13H2,1H3,(H,22,27)(H,23,28)/t15-,20+/m1/s1. The zero-order valence-electron chi connectivity index (χ0n) is 16.2. The van der Waals surface area contributed by atoms with E-state index in [2.05, 4.69) is 20.9 Å². The van der Waals surface area contributed by atoms with Crippen LogP contribution >= 0.6 is 0 Å². The van der Waals surface area contributed by atoms with E-state index >= 15 is 0 Å². The molecular formula is C21H23N5O3. The van der Waals surface area contributed by atoms with Crippen LogP contribution in [0.2, 0.25) is 0 Å². The lowest BCUT2D eigenvalue weighted by Gasteiger charge is -2.31. The van der Waals surface area contributed by atoms with Crippen LogP contribution in [0.3, 0.4) is 0 Å². The predicted octanol–water partition coefficient (Wildman–Crippen LogP) is 2.43. The van der Waals surface area contributed by atoms with Crippen molar-refractivity contribution in [1.82, 2.24) is 20.3 Å². The second-order valence-electron chi connectivity index (χ2n) is 7.15. The van der Waals surface area contributed by atoms with Crippen LogP contribution in [-0.4, -0.2) is 39.5 Å². The summed E-state index contributed by atoms with van der Waals surface area (Å²) in [5, 5.41) is 14.1. The molecule has 0 aliphatic carbocycles. The Bertz CT molecular complexity index is 1030. The molecule has 1 aliphatic rings. The first-order valence-corrected chi connectivity index (χ1v) is 9.66. The summed E-state index contributed by atoms with van der Waals surface area (Å²) in [6, 6.07) is 15.2. The normalized spacial score (nSPS) is 19.1. The lowest BCUT2D eigenvalue weighted by Crippen LogP contribution is -2.38. The van der Waals surface area contributed by atoms with Crippen LogP contribution in [0.15, 0.2) is 48.5 Å². The highest BCUT2D eigenvalue weighted by Gasteiger charge is 2.26. The van der Waals surface area contributed by atoms with Gasteiger partial charge in [0.1, 0.15) is 12.1 Å². The quantitative estimate of drug-likeness (QED) is 0.694. The van der Waals surface area contributed by atoms with Crippen molar-refractivity contribution < 1.29 is 14.3 Å². The Morgan fingerprint density at radius 1 is 1.17 bits per heavy atom. The largest absolute Gasteiger partial charge is 0.373 e. The van der Waals surface area contributed by atoms with Crippen LogP contribution in [-0.2, 0) is 20.9 Å². The Balaban J connectivity index is 1.48. The summed E-state index contributed by atoms with van der Waals surface area (Å²) in [6.07, 6.45) is 1.26. The molecular weight excluding hydrogens is 370 g/mol. The summed E-state index contributed by atoms with van der Waals surface area (Å²) in [5.74, 6) is -0.236. The molecule has 1 aliphatic heterocycles. The smallest absolute Gasteiger partial charge is 0.246 e. The molecule has 1 saturated heterocycles. The van der Waals surface area contributed by atoms with Crippen LogP contribution in [0.1, 0.15) is 31.4 Å². The summed E-state index contributed by atoms with van der Waals surface area (Å²) in [5.41, 5.74) is 3.17. The molecule has 8 heteroatoms. The van der Waals surface area contributed by atoms with Gasteiger partial charge in [0.2, 0.25) is 11.8 Å². The van der Waals surface area contributed by atoms with E-state index in [-0.39, 0.29) is 30.5 Å². The van der Waals surface area contributed by atoms with Gasteiger partial charge in [-0.25, -0.2) is 4.68 Å². The number of aromatic nitrogens is 3. The predicted molar refractivity (Wildman–Crippen MR) is 108 cm³/mol. The van der Waals surface area contributed by atoms with Crippen molar-refractivity contribution in [2.75, 3.05) is 11.9 Å². The van der Waals surface area contributed by atoms with Crippen molar-refractivity contribution in [3.05, 3.63) is 54.1 Å². The van der Waals surface area contributed by atoms with E-state index in [1.54, 1.807) is 4.68 Å². The fraction of sp³-hybridized carbons (Fsp3) is 0.333. The molecule has 8 nitrogen and oxygen atoms in total. The zero-order valence-corrected chi connectivity index (χ0v) is 16.2. The molecule has 1 aromatic heterocycles. The summed E-state index contributed by atoms with van der Waals surface area (Å²) in [4.78, 5) is 24.1. The van der Waals surface area contributed by atoms with E-state index in [0.717, 1.165) is 23.0 Å². The van der Waals surface area contributed by atoms with Gasteiger partial charge in [0.25, 0.3) is 0 Å². The molecule has 2 N–H and O–H groups in total. The van der Waals surface area contributed by atoms with Gasteiger partial charge in [-0.3, -0.25) is 9.59 Å². The number of amides is 2. The third-order valence-corrected chi connectivity index (χ3v) is 4.99. The van der Waals surface area contributed by atoms with Gasteiger partial charge in [0.15, 0.2) is 0 Å². The van der Waals surface area contributed by atoms with E-state index in [1.807, 2.05) is 48.5 Å². The maximum atomic E-state index is 12.7.